The average molecular weight is 359 g/mol. The van der Waals surface area contributed by atoms with Gasteiger partial charge in [-0.05, 0) is 48.9 Å². The predicted octanol–water partition coefficient (Wildman–Crippen LogP) is 3.83. The van der Waals surface area contributed by atoms with E-state index < -0.39 is 10.0 Å². The normalized spacial score (nSPS) is 16.0. The highest BCUT2D eigenvalue weighted by molar-refractivity contribution is 7.88. The van der Waals surface area contributed by atoms with E-state index >= 15 is 0 Å². The molecule has 25 heavy (non-hydrogen) atoms. The van der Waals surface area contributed by atoms with Crippen LogP contribution in [-0.2, 0) is 22.3 Å². The lowest BCUT2D eigenvalue weighted by Gasteiger charge is -2.28. The Morgan fingerprint density at radius 3 is 2.24 bits per heavy atom. The summed E-state index contributed by atoms with van der Waals surface area (Å²) in [6.45, 7) is 2.43. The summed E-state index contributed by atoms with van der Waals surface area (Å²) in [7, 11) is -1.77. The first kappa shape index (κ1) is 18.0. The van der Waals surface area contributed by atoms with E-state index in [2.05, 4.69) is 0 Å². The standard InChI is InChI=1S/C20H25NO3S/c1-16(19-10-11-19)21(14-17-8-12-20(24-2)13-9-17)25(22,23)15-18-6-4-3-5-7-18/h3-9,12-13,16,19H,10-11,14-15H2,1-2H3. The summed E-state index contributed by atoms with van der Waals surface area (Å²) < 4.78 is 33.1. The SMILES string of the molecule is COc1ccc(CN(C(C)C2CC2)S(=O)(=O)Cc2ccccc2)cc1. The van der Waals surface area contributed by atoms with Crippen LogP contribution in [0.5, 0.6) is 5.75 Å². The van der Waals surface area contributed by atoms with Crippen molar-refractivity contribution >= 4 is 10.0 Å². The fourth-order valence-corrected chi connectivity index (χ4v) is 4.89. The van der Waals surface area contributed by atoms with Gasteiger partial charge in [-0.2, -0.15) is 4.31 Å². The second-order valence-electron chi connectivity index (χ2n) is 6.71. The molecule has 0 radical (unpaired) electrons. The zero-order chi connectivity index (χ0) is 17.9. The third kappa shape index (κ3) is 4.61. The average Bonchev–Trinajstić information content (AvgIpc) is 3.45. The first-order chi connectivity index (χ1) is 12.0. The zero-order valence-corrected chi connectivity index (χ0v) is 15.6. The van der Waals surface area contributed by atoms with E-state index in [1.54, 1.807) is 11.4 Å². The van der Waals surface area contributed by atoms with Gasteiger partial charge in [-0.1, -0.05) is 42.5 Å². The van der Waals surface area contributed by atoms with E-state index in [4.69, 9.17) is 4.74 Å². The Labute approximate surface area is 150 Å². The van der Waals surface area contributed by atoms with Gasteiger partial charge in [0.15, 0.2) is 0 Å². The third-order valence-electron chi connectivity index (χ3n) is 4.81. The van der Waals surface area contributed by atoms with E-state index in [9.17, 15) is 8.42 Å². The molecule has 0 aromatic heterocycles. The highest BCUT2D eigenvalue weighted by atomic mass is 32.2. The molecule has 0 aliphatic heterocycles. The highest BCUT2D eigenvalue weighted by Gasteiger charge is 2.37. The molecule has 1 saturated carbocycles. The molecular weight excluding hydrogens is 334 g/mol. The van der Waals surface area contributed by atoms with Crippen molar-refractivity contribution in [2.75, 3.05) is 7.11 Å². The molecule has 5 heteroatoms. The van der Waals surface area contributed by atoms with Crippen molar-refractivity contribution < 1.29 is 13.2 Å². The van der Waals surface area contributed by atoms with Crippen LogP contribution in [-0.4, -0.2) is 25.9 Å². The lowest BCUT2D eigenvalue weighted by molar-refractivity contribution is 0.302. The number of hydrogen-bond acceptors (Lipinski definition) is 3. The Morgan fingerprint density at radius 1 is 1.04 bits per heavy atom. The molecule has 134 valence electrons. The summed E-state index contributed by atoms with van der Waals surface area (Å²) >= 11 is 0. The van der Waals surface area contributed by atoms with Gasteiger partial charge < -0.3 is 4.74 Å². The van der Waals surface area contributed by atoms with E-state index in [0.29, 0.717) is 12.5 Å². The number of nitrogens with zero attached hydrogens (tertiary/aromatic N) is 1. The Hall–Kier alpha value is -1.85. The van der Waals surface area contributed by atoms with Gasteiger partial charge in [0.25, 0.3) is 0 Å². The molecular formula is C20H25NO3S. The number of hydrogen-bond donors (Lipinski definition) is 0. The molecule has 0 amide bonds. The van der Waals surface area contributed by atoms with Crippen LogP contribution in [0.25, 0.3) is 0 Å². The number of methoxy groups -OCH3 is 1. The summed E-state index contributed by atoms with van der Waals surface area (Å²) in [6, 6.07) is 17.0. The maximum absolute atomic E-state index is 13.1. The van der Waals surface area contributed by atoms with Crippen molar-refractivity contribution in [3.05, 3.63) is 65.7 Å². The fourth-order valence-electron chi connectivity index (χ4n) is 3.09. The van der Waals surface area contributed by atoms with Gasteiger partial charge in [0, 0.05) is 12.6 Å². The molecule has 1 fully saturated rings. The zero-order valence-electron chi connectivity index (χ0n) is 14.8. The summed E-state index contributed by atoms with van der Waals surface area (Å²) in [5.74, 6) is 1.29. The van der Waals surface area contributed by atoms with Gasteiger partial charge in [-0.25, -0.2) is 8.42 Å². The topological polar surface area (TPSA) is 46.6 Å². The molecule has 1 unspecified atom stereocenters. The van der Waals surface area contributed by atoms with Crippen molar-refractivity contribution in [1.82, 2.24) is 4.31 Å². The van der Waals surface area contributed by atoms with Crippen molar-refractivity contribution in [3.63, 3.8) is 0 Å². The fraction of sp³-hybridized carbons (Fsp3) is 0.400. The maximum Gasteiger partial charge on any atom is 0.218 e. The largest absolute Gasteiger partial charge is 0.497 e. The Balaban J connectivity index is 1.82. The second kappa shape index (κ2) is 7.58. The van der Waals surface area contributed by atoms with E-state index in [1.165, 1.54) is 0 Å². The van der Waals surface area contributed by atoms with Crippen LogP contribution < -0.4 is 4.74 Å². The highest BCUT2D eigenvalue weighted by Crippen LogP contribution is 2.37. The molecule has 1 atom stereocenters. The van der Waals surface area contributed by atoms with Gasteiger partial charge in [0.1, 0.15) is 5.75 Å². The number of ether oxygens (including phenoxy) is 1. The monoisotopic (exact) mass is 359 g/mol. The predicted molar refractivity (Wildman–Crippen MR) is 99.8 cm³/mol. The lowest BCUT2D eigenvalue weighted by Crippen LogP contribution is -2.40. The van der Waals surface area contributed by atoms with Crippen LogP contribution in [0.4, 0.5) is 0 Å². The molecule has 0 bridgehead atoms. The minimum absolute atomic E-state index is 0.0239. The molecule has 1 aliphatic carbocycles. The minimum Gasteiger partial charge on any atom is -0.497 e. The molecule has 0 spiro atoms. The Kier molecular flexibility index (Phi) is 5.45. The third-order valence-corrected chi connectivity index (χ3v) is 6.68. The van der Waals surface area contributed by atoms with Crippen molar-refractivity contribution in [2.45, 2.75) is 38.1 Å². The van der Waals surface area contributed by atoms with Gasteiger partial charge in [0.05, 0.1) is 12.9 Å². The number of benzene rings is 2. The van der Waals surface area contributed by atoms with E-state index in [-0.39, 0.29) is 11.8 Å². The molecule has 3 rings (SSSR count). The van der Waals surface area contributed by atoms with Crippen LogP contribution in [0.15, 0.2) is 54.6 Å². The van der Waals surface area contributed by atoms with E-state index in [0.717, 1.165) is 29.7 Å². The van der Waals surface area contributed by atoms with Crippen LogP contribution >= 0.6 is 0 Å². The lowest BCUT2D eigenvalue weighted by atomic mass is 10.1. The molecule has 0 heterocycles. The minimum atomic E-state index is -3.39. The van der Waals surface area contributed by atoms with Crippen LogP contribution in [0.3, 0.4) is 0 Å². The van der Waals surface area contributed by atoms with Crippen LogP contribution in [0.1, 0.15) is 30.9 Å². The van der Waals surface area contributed by atoms with Crippen molar-refractivity contribution in [3.8, 4) is 5.75 Å². The quantitative estimate of drug-likeness (QED) is 0.720. The molecule has 4 nitrogen and oxygen atoms in total. The Bertz CT molecular complexity index is 783. The first-order valence-electron chi connectivity index (χ1n) is 8.66. The first-order valence-corrected chi connectivity index (χ1v) is 10.3. The molecule has 0 saturated heterocycles. The second-order valence-corrected chi connectivity index (χ2v) is 8.63. The van der Waals surface area contributed by atoms with Crippen molar-refractivity contribution in [2.24, 2.45) is 5.92 Å². The molecule has 2 aromatic rings. The van der Waals surface area contributed by atoms with Gasteiger partial charge in [-0.3, -0.25) is 0 Å². The molecule has 1 aliphatic rings. The van der Waals surface area contributed by atoms with E-state index in [1.807, 2.05) is 61.5 Å². The summed E-state index contributed by atoms with van der Waals surface area (Å²) in [6.07, 6.45) is 2.22. The smallest absolute Gasteiger partial charge is 0.218 e. The number of rotatable bonds is 8. The summed E-state index contributed by atoms with van der Waals surface area (Å²) in [5.41, 5.74) is 1.80. The molecule has 2 aromatic carbocycles. The van der Waals surface area contributed by atoms with Gasteiger partial charge >= 0.3 is 0 Å². The number of sulfonamides is 1. The van der Waals surface area contributed by atoms with Crippen molar-refractivity contribution in [1.29, 1.82) is 0 Å². The molecule has 0 N–H and O–H groups in total. The Morgan fingerprint density at radius 2 is 1.68 bits per heavy atom. The maximum atomic E-state index is 13.1. The van der Waals surface area contributed by atoms with Gasteiger partial charge in [-0.15, -0.1) is 0 Å². The van der Waals surface area contributed by atoms with Gasteiger partial charge in [0.2, 0.25) is 10.0 Å². The van der Waals surface area contributed by atoms with Crippen LogP contribution in [0, 0.1) is 5.92 Å². The summed E-state index contributed by atoms with van der Waals surface area (Å²) in [5, 5.41) is 0. The van der Waals surface area contributed by atoms with Crippen LogP contribution in [0.2, 0.25) is 0 Å². The summed E-state index contributed by atoms with van der Waals surface area (Å²) in [4.78, 5) is 0.